The van der Waals surface area contributed by atoms with E-state index in [0.29, 0.717) is 5.92 Å². The van der Waals surface area contributed by atoms with Crippen LogP contribution >= 0.6 is 0 Å². The Kier molecular flexibility index (Phi) is 6.93. The van der Waals surface area contributed by atoms with E-state index in [2.05, 4.69) is 27.7 Å². The summed E-state index contributed by atoms with van der Waals surface area (Å²) in [6, 6.07) is 0. The Balaban J connectivity index is 3.56. The second kappa shape index (κ2) is 7.11. The smallest absolute Gasteiger partial charge is 0.120 e. The molecule has 0 rings (SSSR count). The van der Waals surface area contributed by atoms with Gasteiger partial charge in [-0.15, -0.1) is 0 Å². The fraction of sp³-hybridized carbons (Fsp3) is 0.917. The van der Waals surface area contributed by atoms with E-state index in [0.717, 1.165) is 24.5 Å². The first-order chi connectivity index (χ1) is 6.11. The minimum absolute atomic E-state index is 0.573. The lowest BCUT2D eigenvalue weighted by atomic mass is 9.87. The molecule has 0 saturated carbocycles. The van der Waals surface area contributed by atoms with E-state index in [1.165, 1.54) is 19.3 Å². The standard InChI is InChI=1S/C12H24O/c1-5-11(3)12(4)7-6-10(2)8-9-13/h9-12H,5-8H2,1-4H3. The van der Waals surface area contributed by atoms with E-state index in [9.17, 15) is 4.79 Å². The number of hydrogen-bond acceptors (Lipinski definition) is 1. The molecule has 0 aromatic carbocycles. The molecular formula is C12H24O. The molecule has 0 fully saturated rings. The third-order valence-electron chi connectivity index (χ3n) is 3.23. The number of hydrogen-bond donors (Lipinski definition) is 0. The van der Waals surface area contributed by atoms with Crippen LogP contribution in [0.2, 0.25) is 0 Å². The van der Waals surface area contributed by atoms with Gasteiger partial charge in [-0.25, -0.2) is 0 Å². The number of carbonyl (C=O) groups is 1. The van der Waals surface area contributed by atoms with Crippen LogP contribution in [-0.2, 0) is 4.79 Å². The van der Waals surface area contributed by atoms with Gasteiger partial charge >= 0.3 is 0 Å². The van der Waals surface area contributed by atoms with E-state index in [1.807, 2.05) is 0 Å². The molecule has 0 bridgehead atoms. The molecule has 0 aromatic rings. The molecule has 1 nitrogen and oxygen atoms in total. The topological polar surface area (TPSA) is 17.1 Å². The number of aldehydes is 1. The molecule has 78 valence electrons. The Morgan fingerprint density at radius 1 is 1.08 bits per heavy atom. The highest BCUT2D eigenvalue weighted by Gasteiger charge is 2.11. The molecule has 0 amide bonds. The predicted octanol–water partition coefficient (Wildman–Crippen LogP) is 3.67. The minimum atomic E-state index is 0.573. The highest BCUT2D eigenvalue weighted by molar-refractivity contribution is 5.49. The molecule has 0 aliphatic rings. The quantitative estimate of drug-likeness (QED) is 0.552. The van der Waals surface area contributed by atoms with Crippen LogP contribution in [0.25, 0.3) is 0 Å². The summed E-state index contributed by atoms with van der Waals surface area (Å²) in [5, 5.41) is 0. The van der Waals surface area contributed by atoms with Crippen LogP contribution in [0.1, 0.15) is 53.4 Å². The van der Waals surface area contributed by atoms with Crippen molar-refractivity contribution in [3.05, 3.63) is 0 Å². The van der Waals surface area contributed by atoms with Crippen LogP contribution in [-0.4, -0.2) is 6.29 Å². The second-order valence-corrected chi connectivity index (χ2v) is 4.45. The van der Waals surface area contributed by atoms with Gasteiger partial charge in [-0.1, -0.05) is 47.0 Å². The summed E-state index contributed by atoms with van der Waals surface area (Å²) in [4.78, 5) is 10.2. The summed E-state index contributed by atoms with van der Waals surface area (Å²) < 4.78 is 0. The molecule has 0 spiro atoms. The summed E-state index contributed by atoms with van der Waals surface area (Å²) in [7, 11) is 0. The largest absolute Gasteiger partial charge is 0.303 e. The average molecular weight is 184 g/mol. The summed E-state index contributed by atoms with van der Waals surface area (Å²) in [6.07, 6.45) is 5.50. The molecule has 0 aromatic heterocycles. The highest BCUT2D eigenvalue weighted by atomic mass is 16.1. The zero-order valence-electron chi connectivity index (χ0n) is 9.55. The van der Waals surface area contributed by atoms with Crippen molar-refractivity contribution < 1.29 is 4.79 Å². The molecule has 3 unspecified atom stereocenters. The van der Waals surface area contributed by atoms with E-state index in [4.69, 9.17) is 0 Å². The van der Waals surface area contributed by atoms with E-state index in [-0.39, 0.29) is 0 Å². The van der Waals surface area contributed by atoms with Gasteiger partial charge in [0.15, 0.2) is 0 Å². The zero-order chi connectivity index (χ0) is 10.3. The van der Waals surface area contributed by atoms with E-state index >= 15 is 0 Å². The molecule has 0 heterocycles. The summed E-state index contributed by atoms with van der Waals surface area (Å²) in [5.41, 5.74) is 0. The fourth-order valence-electron chi connectivity index (χ4n) is 1.52. The Morgan fingerprint density at radius 2 is 1.69 bits per heavy atom. The lowest BCUT2D eigenvalue weighted by molar-refractivity contribution is -0.108. The van der Waals surface area contributed by atoms with Crippen molar-refractivity contribution in [1.82, 2.24) is 0 Å². The monoisotopic (exact) mass is 184 g/mol. The van der Waals surface area contributed by atoms with Gasteiger partial charge in [0.2, 0.25) is 0 Å². The third kappa shape index (κ3) is 5.84. The first kappa shape index (κ1) is 12.7. The first-order valence-electron chi connectivity index (χ1n) is 5.55. The molecule has 0 radical (unpaired) electrons. The van der Waals surface area contributed by atoms with Crippen molar-refractivity contribution in [3.8, 4) is 0 Å². The van der Waals surface area contributed by atoms with Gasteiger partial charge in [0, 0.05) is 6.42 Å². The maximum Gasteiger partial charge on any atom is 0.120 e. The van der Waals surface area contributed by atoms with Gasteiger partial charge in [0.25, 0.3) is 0 Å². The Morgan fingerprint density at radius 3 is 2.15 bits per heavy atom. The molecule has 0 aliphatic heterocycles. The van der Waals surface area contributed by atoms with Gasteiger partial charge in [-0.2, -0.15) is 0 Å². The maximum absolute atomic E-state index is 10.2. The molecule has 3 atom stereocenters. The van der Waals surface area contributed by atoms with Gasteiger partial charge in [0.05, 0.1) is 0 Å². The van der Waals surface area contributed by atoms with Crippen LogP contribution in [0, 0.1) is 17.8 Å². The maximum atomic E-state index is 10.2. The minimum Gasteiger partial charge on any atom is -0.303 e. The highest BCUT2D eigenvalue weighted by Crippen LogP contribution is 2.22. The van der Waals surface area contributed by atoms with Gasteiger partial charge in [-0.05, 0) is 17.8 Å². The van der Waals surface area contributed by atoms with Gasteiger partial charge in [0.1, 0.15) is 6.29 Å². The molecular weight excluding hydrogens is 160 g/mol. The van der Waals surface area contributed by atoms with Crippen LogP contribution in [0.4, 0.5) is 0 Å². The molecule has 13 heavy (non-hydrogen) atoms. The Hall–Kier alpha value is -0.330. The second-order valence-electron chi connectivity index (χ2n) is 4.45. The SMILES string of the molecule is CCC(C)C(C)CCC(C)CC=O. The molecule has 0 N–H and O–H groups in total. The molecule has 0 aliphatic carbocycles. The summed E-state index contributed by atoms with van der Waals surface area (Å²) >= 11 is 0. The normalized spacial score (nSPS) is 17.8. The van der Waals surface area contributed by atoms with Crippen LogP contribution in [0.15, 0.2) is 0 Å². The number of carbonyl (C=O) groups excluding carboxylic acids is 1. The molecule has 0 saturated heterocycles. The van der Waals surface area contributed by atoms with E-state index < -0.39 is 0 Å². The van der Waals surface area contributed by atoms with Crippen molar-refractivity contribution in [2.75, 3.05) is 0 Å². The lowest BCUT2D eigenvalue weighted by Crippen LogP contribution is -2.08. The molecule has 1 heteroatoms. The van der Waals surface area contributed by atoms with Crippen LogP contribution in [0.3, 0.4) is 0 Å². The van der Waals surface area contributed by atoms with E-state index in [1.54, 1.807) is 0 Å². The zero-order valence-corrected chi connectivity index (χ0v) is 9.55. The third-order valence-corrected chi connectivity index (χ3v) is 3.23. The van der Waals surface area contributed by atoms with Crippen molar-refractivity contribution in [2.45, 2.75) is 53.4 Å². The summed E-state index contributed by atoms with van der Waals surface area (Å²) in [6.45, 7) is 9.05. The number of rotatable bonds is 7. The Bertz CT molecular complexity index is 131. The van der Waals surface area contributed by atoms with Gasteiger partial charge < -0.3 is 4.79 Å². The van der Waals surface area contributed by atoms with Crippen LogP contribution < -0.4 is 0 Å². The van der Waals surface area contributed by atoms with Crippen molar-refractivity contribution >= 4 is 6.29 Å². The lowest BCUT2D eigenvalue weighted by Gasteiger charge is -2.19. The van der Waals surface area contributed by atoms with Crippen molar-refractivity contribution in [2.24, 2.45) is 17.8 Å². The Labute approximate surface area is 82.9 Å². The van der Waals surface area contributed by atoms with Crippen molar-refractivity contribution in [1.29, 1.82) is 0 Å². The average Bonchev–Trinajstić information content (AvgIpc) is 2.13. The predicted molar refractivity (Wildman–Crippen MR) is 57.7 cm³/mol. The summed E-state index contributed by atoms with van der Waals surface area (Å²) in [5.74, 6) is 2.20. The van der Waals surface area contributed by atoms with Crippen molar-refractivity contribution in [3.63, 3.8) is 0 Å². The van der Waals surface area contributed by atoms with Gasteiger partial charge in [-0.3, -0.25) is 0 Å². The van der Waals surface area contributed by atoms with Crippen LogP contribution in [0.5, 0.6) is 0 Å². The first-order valence-corrected chi connectivity index (χ1v) is 5.55. The fourth-order valence-corrected chi connectivity index (χ4v) is 1.52.